The smallest absolute Gasteiger partial charge is 0.265 e. The van der Waals surface area contributed by atoms with Gasteiger partial charge in [0, 0.05) is 16.0 Å². The molecule has 3 rings (SSSR count). The molecule has 2 aromatic rings. The highest BCUT2D eigenvalue weighted by atomic mass is 35.5. The summed E-state index contributed by atoms with van der Waals surface area (Å²) in [5.74, 6) is 2.22. The molecule has 0 aromatic heterocycles. The Kier molecular flexibility index (Phi) is 9.19. The second-order valence-corrected chi connectivity index (χ2v) is 9.19. The van der Waals surface area contributed by atoms with E-state index in [-0.39, 0.29) is 24.5 Å². The highest BCUT2D eigenvalue weighted by Gasteiger charge is 2.49. The first-order chi connectivity index (χ1) is 14.8. The summed E-state index contributed by atoms with van der Waals surface area (Å²) >= 11 is 12.7. The lowest BCUT2D eigenvalue weighted by molar-refractivity contribution is -0.115. The van der Waals surface area contributed by atoms with Gasteiger partial charge in [0.15, 0.2) is 0 Å². The fourth-order valence-corrected chi connectivity index (χ4v) is 5.28. The molecule has 0 heterocycles. The van der Waals surface area contributed by atoms with Crippen LogP contribution in [0.5, 0.6) is 0 Å². The van der Waals surface area contributed by atoms with Gasteiger partial charge in [0.05, 0.1) is 5.54 Å². The average Bonchev–Trinajstić information content (AvgIpc) is 2.77. The number of nitrogens with zero attached hydrogens (tertiary/aromatic N) is 1. The highest BCUT2D eigenvalue weighted by Crippen LogP contribution is 2.53. The Labute approximate surface area is 197 Å². The zero-order valence-corrected chi connectivity index (χ0v) is 20.3. The molecular formula is C25H31BCl2N2O. The lowest BCUT2D eigenvalue weighted by Crippen LogP contribution is -2.55. The van der Waals surface area contributed by atoms with Crippen molar-refractivity contribution in [3.8, 4) is 5.97 Å². The van der Waals surface area contributed by atoms with Gasteiger partial charge in [-0.15, -0.1) is 0 Å². The largest absolute Gasteiger partial charge is 0.319 e. The predicted octanol–water partition coefficient (Wildman–Crippen LogP) is 6.69. The number of nitrogens with two attached hydrogens (primary N) is 1. The molecule has 2 aromatic carbocycles. The second-order valence-electron chi connectivity index (χ2n) is 8.35. The molecule has 2 N–H and O–H groups in total. The fourth-order valence-electron chi connectivity index (χ4n) is 4.74. The monoisotopic (exact) mass is 456 g/mol. The van der Waals surface area contributed by atoms with Crippen molar-refractivity contribution in [2.75, 3.05) is 0 Å². The van der Waals surface area contributed by atoms with Gasteiger partial charge in [0.1, 0.15) is 6.29 Å². The van der Waals surface area contributed by atoms with E-state index in [0.717, 1.165) is 23.8 Å². The molecule has 0 saturated heterocycles. The molecule has 164 valence electrons. The fraction of sp³-hybridized carbons (Fsp3) is 0.440. The summed E-state index contributed by atoms with van der Waals surface area (Å²) in [7, 11) is 0. The molecule has 1 aliphatic rings. The summed E-state index contributed by atoms with van der Waals surface area (Å²) in [6.07, 6.45) is 2.76. The van der Waals surface area contributed by atoms with E-state index in [9.17, 15) is 10.1 Å². The summed E-state index contributed by atoms with van der Waals surface area (Å²) in [5, 5.41) is 10.7. The van der Waals surface area contributed by atoms with Crippen LogP contribution in [0.15, 0.2) is 42.5 Å². The topological polar surface area (TPSA) is 66.9 Å². The summed E-state index contributed by atoms with van der Waals surface area (Å²) in [4.78, 5) is 12.1. The molecule has 6 heteroatoms. The van der Waals surface area contributed by atoms with Gasteiger partial charge in [-0.1, -0.05) is 86.1 Å². The van der Waals surface area contributed by atoms with Crippen LogP contribution in [0.4, 0.5) is 0 Å². The minimum atomic E-state index is -0.962. The molecule has 3 nitrogen and oxygen atoms in total. The van der Waals surface area contributed by atoms with E-state index in [4.69, 9.17) is 28.9 Å². The van der Waals surface area contributed by atoms with E-state index in [1.54, 1.807) is 6.07 Å². The van der Waals surface area contributed by atoms with Crippen LogP contribution in [0.1, 0.15) is 55.2 Å². The summed E-state index contributed by atoms with van der Waals surface area (Å²) in [6.45, 7) is 7.73. The van der Waals surface area contributed by atoms with Crippen molar-refractivity contribution in [3.63, 3.8) is 0 Å². The number of aldehydes is 1. The van der Waals surface area contributed by atoms with Gasteiger partial charge >= 0.3 is 0 Å². The van der Waals surface area contributed by atoms with Crippen LogP contribution in [0.3, 0.4) is 0 Å². The maximum Gasteiger partial charge on any atom is 0.265 e. The van der Waals surface area contributed by atoms with Crippen molar-refractivity contribution in [1.29, 1.82) is 5.26 Å². The van der Waals surface area contributed by atoms with Crippen molar-refractivity contribution in [3.05, 3.63) is 69.2 Å². The van der Waals surface area contributed by atoms with Crippen LogP contribution in [0.2, 0.25) is 23.2 Å². The van der Waals surface area contributed by atoms with Gasteiger partial charge in [0.25, 0.3) is 6.71 Å². The van der Waals surface area contributed by atoms with Crippen molar-refractivity contribution >= 4 is 36.2 Å². The van der Waals surface area contributed by atoms with E-state index >= 15 is 0 Å². The number of carbonyl (C=O) groups is 1. The van der Waals surface area contributed by atoms with Crippen LogP contribution in [-0.2, 0) is 4.79 Å². The molecule has 4 atom stereocenters. The lowest BCUT2D eigenvalue weighted by atomic mass is 9.43. The Balaban J connectivity index is 0.00000166. The Morgan fingerprint density at radius 3 is 2.42 bits per heavy atom. The zero-order valence-electron chi connectivity index (χ0n) is 18.7. The first-order valence-corrected chi connectivity index (χ1v) is 11.7. The standard InChI is InChI=1S/C23H25BCl2N2O.C2H6/c1-15-3-5-16(6-4-15)22-19(18-8-7-17(25)11-21(18)26)9-10-23(28,13-29)20(22)12-24(2)14-27;1-2/h3-8,11,13,19-20,22H,9-10,12,28H2,1-2H3;1-2H3. The molecule has 1 saturated carbocycles. The van der Waals surface area contributed by atoms with E-state index in [0.29, 0.717) is 22.8 Å². The van der Waals surface area contributed by atoms with Gasteiger partial charge in [-0.05, 0) is 60.8 Å². The number of carbonyl (C=O) groups excluding carboxylic acids is 1. The Bertz CT molecular complexity index is 928. The quantitative estimate of drug-likeness (QED) is 0.402. The van der Waals surface area contributed by atoms with E-state index in [1.807, 2.05) is 39.7 Å². The van der Waals surface area contributed by atoms with E-state index < -0.39 is 5.54 Å². The third-order valence-corrected chi connectivity index (χ3v) is 6.88. The van der Waals surface area contributed by atoms with Gasteiger partial charge in [0.2, 0.25) is 0 Å². The van der Waals surface area contributed by atoms with Crippen LogP contribution >= 0.6 is 23.2 Å². The van der Waals surface area contributed by atoms with Gasteiger partial charge < -0.3 is 10.5 Å². The van der Waals surface area contributed by atoms with Gasteiger partial charge in [-0.25, -0.2) is 5.26 Å². The number of benzene rings is 2. The van der Waals surface area contributed by atoms with Gasteiger partial charge in [-0.2, -0.15) is 0 Å². The average molecular weight is 457 g/mol. The summed E-state index contributed by atoms with van der Waals surface area (Å²) in [5.41, 5.74) is 8.98. The molecule has 0 amide bonds. The third kappa shape index (κ3) is 5.72. The first-order valence-electron chi connectivity index (χ1n) is 11.0. The maximum atomic E-state index is 12.1. The number of hydrogen-bond donors (Lipinski definition) is 1. The second kappa shape index (κ2) is 11.2. The molecule has 0 aliphatic heterocycles. The van der Waals surface area contributed by atoms with Crippen LogP contribution in [0, 0.1) is 24.1 Å². The minimum Gasteiger partial charge on any atom is -0.319 e. The van der Waals surface area contributed by atoms with Crippen LogP contribution in [-0.4, -0.2) is 18.5 Å². The number of rotatable bonds is 5. The molecule has 1 aliphatic carbocycles. The predicted molar refractivity (Wildman–Crippen MR) is 132 cm³/mol. The number of halogens is 2. The van der Waals surface area contributed by atoms with Crippen molar-refractivity contribution < 1.29 is 4.79 Å². The Morgan fingerprint density at radius 2 is 1.87 bits per heavy atom. The summed E-state index contributed by atoms with van der Waals surface area (Å²) in [6, 6.07) is 14.0. The highest BCUT2D eigenvalue weighted by molar-refractivity contribution is 6.65. The van der Waals surface area contributed by atoms with Crippen LogP contribution < -0.4 is 5.73 Å². The minimum absolute atomic E-state index is 0.0194. The first kappa shape index (κ1) is 25.5. The Hall–Kier alpha value is -1.80. The maximum absolute atomic E-state index is 12.1. The molecular weight excluding hydrogens is 426 g/mol. The molecule has 1 fully saturated rings. The molecule has 31 heavy (non-hydrogen) atoms. The normalized spacial score (nSPS) is 25.0. The molecule has 0 bridgehead atoms. The van der Waals surface area contributed by atoms with Crippen molar-refractivity contribution in [2.24, 2.45) is 11.7 Å². The lowest BCUT2D eigenvalue weighted by Gasteiger charge is -2.48. The molecule has 0 radical (unpaired) electrons. The number of hydrogen-bond acceptors (Lipinski definition) is 3. The van der Waals surface area contributed by atoms with Gasteiger partial charge in [-0.3, -0.25) is 0 Å². The van der Waals surface area contributed by atoms with Crippen molar-refractivity contribution in [1.82, 2.24) is 0 Å². The van der Waals surface area contributed by atoms with E-state index in [1.165, 1.54) is 5.56 Å². The Morgan fingerprint density at radius 1 is 1.23 bits per heavy atom. The van der Waals surface area contributed by atoms with Crippen molar-refractivity contribution in [2.45, 2.75) is 64.1 Å². The SMILES string of the molecule is CB(C#N)CC1C(c2ccc(C)cc2)C(c2ccc(Cl)cc2Cl)CCC1(N)C=O.CC. The molecule has 4 unspecified atom stereocenters. The van der Waals surface area contributed by atoms with E-state index in [2.05, 4.69) is 30.2 Å². The number of nitriles is 1. The van der Waals surface area contributed by atoms with Crippen LogP contribution in [0.25, 0.3) is 0 Å². The number of aryl methyl sites for hydroxylation is 1. The summed E-state index contributed by atoms with van der Waals surface area (Å²) < 4.78 is 0. The zero-order chi connectivity index (χ0) is 23.2. The third-order valence-electron chi connectivity index (χ3n) is 6.32. The molecule has 0 spiro atoms.